The fraction of sp³-hybridized carbons (Fsp3) is 0.412. The third-order valence-corrected chi connectivity index (χ3v) is 4.74. The first-order valence-electron chi connectivity index (χ1n) is 7.63. The van der Waals surface area contributed by atoms with Crippen molar-refractivity contribution in [2.45, 2.75) is 18.5 Å². The van der Waals surface area contributed by atoms with E-state index in [-0.39, 0.29) is 12.3 Å². The van der Waals surface area contributed by atoms with Crippen LogP contribution in [0.4, 0.5) is 4.39 Å². The summed E-state index contributed by atoms with van der Waals surface area (Å²) in [6.07, 6.45) is 4.01. The highest BCUT2D eigenvalue weighted by Crippen LogP contribution is 2.42. The molecule has 1 aromatic rings. The molecule has 0 bridgehead atoms. The van der Waals surface area contributed by atoms with E-state index in [2.05, 4.69) is 0 Å². The molecule has 2 aliphatic heterocycles. The van der Waals surface area contributed by atoms with Crippen LogP contribution >= 0.6 is 0 Å². The Hall–Kier alpha value is -2.21. The van der Waals surface area contributed by atoms with Crippen molar-refractivity contribution in [3.63, 3.8) is 0 Å². The molecule has 0 radical (unpaired) electrons. The van der Waals surface area contributed by atoms with Crippen LogP contribution in [0.2, 0.25) is 0 Å². The van der Waals surface area contributed by atoms with E-state index in [1.807, 2.05) is 12.2 Å². The fourth-order valence-corrected chi connectivity index (χ4v) is 3.57. The Morgan fingerprint density at radius 2 is 1.87 bits per heavy atom. The number of hydrogen-bond donors (Lipinski definition) is 1. The number of benzene rings is 1. The van der Waals surface area contributed by atoms with Gasteiger partial charge < -0.3 is 10.0 Å². The number of halogens is 1. The molecule has 2 aliphatic rings. The third-order valence-electron chi connectivity index (χ3n) is 4.74. The molecule has 0 spiro atoms. The second-order valence-electron chi connectivity index (χ2n) is 6.04. The summed E-state index contributed by atoms with van der Waals surface area (Å²) >= 11 is 0. The van der Waals surface area contributed by atoms with Crippen LogP contribution in [0.3, 0.4) is 0 Å². The van der Waals surface area contributed by atoms with Gasteiger partial charge in [0.05, 0.1) is 5.92 Å². The van der Waals surface area contributed by atoms with E-state index >= 15 is 0 Å². The Morgan fingerprint density at radius 1 is 1.22 bits per heavy atom. The summed E-state index contributed by atoms with van der Waals surface area (Å²) in [4.78, 5) is 27.6. The lowest BCUT2D eigenvalue weighted by Gasteiger charge is -2.28. The van der Waals surface area contributed by atoms with Gasteiger partial charge in [-0.05, 0) is 19.5 Å². The topological polar surface area (TPSA) is 60.9 Å². The number of carbonyl (C=O) groups excluding carboxylic acids is 1. The number of amides is 1. The van der Waals surface area contributed by atoms with E-state index in [1.165, 1.54) is 6.07 Å². The van der Waals surface area contributed by atoms with Crippen molar-refractivity contribution in [3.05, 3.63) is 47.8 Å². The second kappa shape index (κ2) is 6.12. The second-order valence-corrected chi connectivity index (χ2v) is 6.04. The number of hydrogen-bond acceptors (Lipinski definition) is 3. The molecule has 3 rings (SSSR count). The van der Waals surface area contributed by atoms with Crippen LogP contribution in [-0.4, -0.2) is 53.0 Å². The molecule has 5 nitrogen and oxygen atoms in total. The average Bonchev–Trinajstić information content (AvgIpc) is 3.15. The summed E-state index contributed by atoms with van der Waals surface area (Å²) in [5.41, 5.74) is 0.379. The number of carbonyl (C=O) groups is 2. The van der Waals surface area contributed by atoms with Gasteiger partial charge in [0.2, 0.25) is 5.91 Å². The highest BCUT2D eigenvalue weighted by molar-refractivity contribution is 5.83. The zero-order valence-corrected chi connectivity index (χ0v) is 12.9. The molecule has 1 saturated heterocycles. The summed E-state index contributed by atoms with van der Waals surface area (Å²) in [5.74, 6) is -2.06. The van der Waals surface area contributed by atoms with Gasteiger partial charge in [-0.2, -0.15) is 0 Å². The van der Waals surface area contributed by atoms with E-state index in [0.29, 0.717) is 18.7 Å². The molecule has 1 amide bonds. The first-order chi connectivity index (χ1) is 11.0. The first-order valence-corrected chi connectivity index (χ1v) is 7.63. The van der Waals surface area contributed by atoms with Gasteiger partial charge >= 0.3 is 5.97 Å². The standard InChI is InChI=1S/C17H19FN2O3/c1-19-14(17(22)23)10-12(16(21)20-8-4-5-9-20)15(19)11-6-2-3-7-13(11)18/h2-7,12,14-15H,8-10H2,1H3,(H,22,23)/t12-,14-,15-/m0/s1. The summed E-state index contributed by atoms with van der Waals surface area (Å²) in [5, 5.41) is 9.41. The lowest BCUT2D eigenvalue weighted by molar-refractivity contribution is -0.142. The molecule has 3 atom stereocenters. The van der Waals surface area contributed by atoms with Crippen LogP contribution in [0.15, 0.2) is 36.4 Å². The van der Waals surface area contributed by atoms with Crippen LogP contribution in [0.25, 0.3) is 0 Å². The van der Waals surface area contributed by atoms with Gasteiger partial charge in [-0.15, -0.1) is 0 Å². The minimum Gasteiger partial charge on any atom is -0.480 e. The molecule has 1 N–H and O–H groups in total. The molecule has 122 valence electrons. The van der Waals surface area contributed by atoms with E-state index in [9.17, 15) is 19.1 Å². The fourth-order valence-electron chi connectivity index (χ4n) is 3.57. The Labute approximate surface area is 134 Å². The van der Waals surface area contributed by atoms with Crippen LogP contribution in [0.5, 0.6) is 0 Å². The zero-order chi connectivity index (χ0) is 16.6. The lowest BCUT2D eigenvalue weighted by atomic mass is 9.91. The largest absolute Gasteiger partial charge is 0.480 e. The molecular weight excluding hydrogens is 299 g/mol. The quantitative estimate of drug-likeness (QED) is 0.861. The Balaban J connectivity index is 1.96. The van der Waals surface area contributed by atoms with Crippen molar-refractivity contribution < 1.29 is 19.1 Å². The zero-order valence-electron chi connectivity index (χ0n) is 12.9. The average molecular weight is 318 g/mol. The monoisotopic (exact) mass is 318 g/mol. The molecule has 0 aliphatic carbocycles. The van der Waals surface area contributed by atoms with Crippen molar-refractivity contribution in [1.29, 1.82) is 0 Å². The predicted octanol–water partition coefficient (Wildman–Crippen LogP) is 1.67. The molecule has 23 heavy (non-hydrogen) atoms. The molecule has 0 unspecified atom stereocenters. The van der Waals surface area contributed by atoms with Crippen LogP contribution < -0.4 is 0 Å². The van der Waals surface area contributed by atoms with Crippen LogP contribution in [-0.2, 0) is 9.59 Å². The molecular formula is C17H19FN2O3. The number of carboxylic acid groups (broad SMARTS) is 1. The van der Waals surface area contributed by atoms with Gasteiger partial charge in [0.1, 0.15) is 11.9 Å². The maximum atomic E-state index is 14.2. The number of aliphatic carboxylic acids is 1. The highest BCUT2D eigenvalue weighted by atomic mass is 19.1. The van der Waals surface area contributed by atoms with Crippen molar-refractivity contribution in [3.8, 4) is 0 Å². The van der Waals surface area contributed by atoms with Gasteiger partial charge in [-0.1, -0.05) is 30.4 Å². The lowest BCUT2D eigenvalue weighted by Crippen LogP contribution is -2.37. The number of rotatable bonds is 3. The van der Waals surface area contributed by atoms with Gasteiger partial charge in [0.25, 0.3) is 0 Å². The maximum absolute atomic E-state index is 14.2. The number of carboxylic acids is 1. The molecule has 2 heterocycles. The first kappa shape index (κ1) is 15.7. The highest BCUT2D eigenvalue weighted by Gasteiger charge is 2.48. The van der Waals surface area contributed by atoms with Crippen molar-refractivity contribution in [1.82, 2.24) is 9.80 Å². The Morgan fingerprint density at radius 3 is 2.48 bits per heavy atom. The van der Waals surface area contributed by atoms with Crippen molar-refractivity contribution >= 4 is 11.9 Å². The Bertz CT molecular complexity index is 653. The van der Waals surface area contributed by atoms with Crippen molar-refractivity contribution in [2.24, 2.45) is 5.92 Å². The third kappa shape index (κ3) is 2.74. The Kier molecular flexibility index (Phi) is 4.17. The molecule has 0 saturated carbocycles. The number of likely N-dealkylation sites (tertiary alicyclic amines) is 1. The van der Waals surface area contributed by atoms with E-state index in [1.54, 1.807) is 35.0 Å². The minimum atomic E-state index is -0.983. The SMILES string of the molecule is CN1[C@H](C(=O)O)C[C@H](C(=O)N2CC=CC2)[C@@H]1c1ccccc1F. The predicted molar refractivity (Wildman–Crippen MR) is 82.2 cm³/mol. The van der Waals surface area contributed by atoms with Crippen molar-refractivity contribution in [2.75, 3.05) is 20.1 Å². The van der Waals surface area contributed by atoms with Gasteiger partial charge in [0, 0.05) is 24.7 Å². The van der Waals surface area contributed by atoms with E-state index in [4.69, 9.17) is 0 Å². The van der Waals surface area contributed by atoms with E-state index < -0.39 is 29.8 Å². The van der Waals surface area contributed by atoms with E-state index in [0.717, 1.165) is 0 Å². The van der Waals surface area contributed by atoms with Gasteiger partial charge in [-0.3, -0.25) is 14.5 Å². The summed E-state index contributed by atoms with van der Waals surface area (Å²) in [7, 11) is 1.64. The normalized spacial score (nSPS) is 27.6. The summed E-state index contributed by atoms with van der Waals surface area (Å²) in [6.45, 7) is 1.06. The number of nitrogens with zero attached hydrogens (tertiary/aromatic N) is 2. The smallest absolute Gasteiger partial charge is 0.320 e. The van der Waals surface area contributed by atoms with Gasteiger partial charge in [-0.25, -0.2) is 4.39 Å². The minimum absolute atomic E-state index is 0.112. The molecule has 6 heteroatoms. The maximum Gasteiger partial charge on any atom is 0.320 e. The summed E-state index contributed by atoms with van der Waals surface area (Å²) in [6, 6.07) is 4.91. The summed E-state index contributed by atoms with van der Waals surface area (Å²) < 4.78 is 14.2. The van der Waals surface area contributed by atoms with Crippen LogP contribution in [0.1, 0.15) is 18.0 Å². The number of likely N-dealkylation sites (N-methyl/N-ethyl adjacent to an activating group) is 1. The van der Waals surface area contributed by atoms with Gasteiger partial charge in [0.15, 0.2) is 0 Å². The molecule has 1 aromatic carbocycles. The van der Waals surface area contributed by atoms with Crippen LogP contribution in [0, 0.1) is 11.7 Å². The molecule has 0 aromatic heterocycles. The molecule has 1 fully saturated rings.